The van der Waals surface area contributed by atoms with Crippen LogP contribution in [0.3, 0.4) is 0 Å². The highest BCUT2D eigenvalue weighted by atomic mass is 16.5. The van der Waals surface area contributed by atoms with E-state index in [2.05, 4.69) is 11.9 Å². The van der Waals surface area contributed by atoms with E-state index in [1.807, 2.05) is 0 Å². The van der Waals surface area contributed by atoms with Gasteiger partial charge in [-0.2, -0.15) is 0 Å². The van der Waals surface area contributed by atoms with Crippen molar-refractivity contribution in [3.05, 3.63) is 36.4 Å². The van der Waals surface area contributed by atoms with Gasteiger partial charge in [0, 0.05) is 12.1 Å². The van der Waals surface area contributed by atoms with E-state index in [-0.39, 0.29) is 12.5 Å². The van der Waals surface area contributed by atoms with Crippen molar-refractivity contribution in [2.75, 3.05) is 20.3 Å². The number of amides is 1. The molecule has 0 saturated heterocycles. The van der Waals surface area contributed by atoms with Crippen LogP contribution in [0.15, 0.2) is 30.9 Å². The Morgan fingerprint density at radius 2 is 2.00 bits per heavy atom. The third-order valence-corrected chi connectivity index (χ3v) is 4.63. The summed E-state index contributed by atoms with van der Waals surface area (Å²) < 4.78 is 10.7. The van der Waals surface area contributed by atoms with Gasteiger partial charge in [-0.3, -0.25) is 9.59 Å². The molecule has 1 aromatic rings. The summed E-state index contributed by atoms with van der Waals surface area (Å²) in [6.45, 7) is 4.06. The van der Waals surface area contributed by atoms with E-state index < -0.39 is 11.4 Å². The number of rotatable bonds is 8. The van der Waals surface area contributed by atoms with Gasteiger partial charge in [-0.15, -0.1) is 0 Å². The highest BCUT2D eigenvalue weighted by molar-refractivity contribution is 5.95. The van der Waals surface area contributed by atoms with Crippen LogP contribution < -0.4 is 14.8 Å². The lowest BCUT2D eigenvalue weighted by atomic mass is 9.74. The first-order chi connectivity index (χ1) is 12.0. The van der Waals surface area contributed by atoms with Gasteiger partial charge in [0.25, 0.3) is 5.91 Å². The minimum Gasteiger partial charge on any atom is -0.493 e. The molecule has 0 aromatic heterocycles. The summed E-state index contributed by atoms with van der Waals surface area (Å²) in [6.07, 6.45) is 5.62. The predicted octanol–water partition coefficient (Wildman–Crippen LogP) is 3.02. The molecule has 1 fully saturated rings. The zero-order chi connectivity index (χ0) is 18.3. The summed E-state index contributed by atoms with van der Waals surface area (Å²) in [7, 11) is 1.50. The molecule has 0 unspecified atom stereocenters. The number of ether oxygens (including phenoxy) is 2. The molecule has 0 radical (unpaired) electrons. The second-order valence-electron chi connectivity index (χ2n) is 6.29. The topological polar surface area (TPSA) is 84.9 Å². The van der Waals surface area contributed by atoms with Crippen molar-refractivity contribution in [2.24, 2.45) is 5.41 Å². The molecule has 1 aliphatic carbocycles. The van der Waals surface area contributed by atoms with E-state index in [4.69, 9.17) is 9.47 Å². The van der Waals surface area contributed by atoms with Crippen LogP contribution in [0.5, 0.6) is 11.5 Å². The average Bonchev–Trinajstić information content (AvgIpc) is 2.64. The summed E-state index contributed by atoms with van der Waals surface area (Å²) in [5, 5.41) is 12.3. The molecule has 25 heavy (non-hydrogen) atoms. The van der Waals surface area contributed by atoms with Gasteiger partial charge in [0.15, 0.2) is 11.5 Å². The maximum atomic E-state index is 12.4. The molecule has 1 amide bonds. The molecule has 2 rings (SSSR count). The highest BCUT2D eigenvalue weighted by Crippen LogP contribution is 2.36. The van der Waals surface area contributed by atoms with Crippen LogP contribution in [0.25, 0.3) is 0 Å². The van der Waals surface area contributed by atoms with Crippen LogP contribution in [-0.2, 0) is 4.79 Å². The number of carboxylic acid groups (broad SMARTS) is 1. The van der Waals surface area contributed by atoms with E-state index in [1.165, 1.54) is 7.11 Å². The predicted molar refractivity (Wildman–Crippen MR) is 94.2 cm³/mol. The van der Waals surface area contributed by atoms with Gasteiger partial charge in [0.1, 0.15) is 6.61 Å². The van der Waals surface area contributed by atoms with Gasteiger partial charge < -0.3 is 19.9 Å². The normalized spacial score (nSPS) is 15.9. The molecule has 6 heteroatoms. The van der Waals surface area contributed by atoms with Crippen LogP contribution in [-0.4, -0.2) is 37.2 Å². The maximum absolute atomic E-state index is 12.4. The summed E-state index contributed by atoms with van der Waals surface area (Å²) >= 11 is 0. The Bertz CT molecular complexity index is 635. The third kappa shape index (κ3) is 4.53. The van der Waals surface area contributed by atoms with Crippen LogP contribution in [0.2, 0.25) is 0 Å². The molecular weight excluding hydrogens is 322 g/mol. The Morgan fingerprint density at radius 3 is 2.60 bits per heavy atom. The van der Waals surface area contributed by atoms with Gasteiger partial charge in [-0.05, 0) is 31.0 Å². The molecule has 1 aromatic carbocycles. The van der Waals surface area contributed by atoms with Gasteiger partial charge in [0.2, 0.25) is 0 Å². The Labute approximate surface area is 147 Å². The number of aliphatic carboxylic acids is 1. The van der Waals surface area contributed by atoms with E-state index >= 15 is 0 Å². The molecule has 0 aliphatic heterocycles. The van der Waals surface area contributed by atoms with Crippen LogP contribution in [0, 0.1) is 5.41 Å². The van der Waals surface area contributed by atoms with Crippen molar-refractivity contribution in [1.29, 1.82) is 0 Å². The lowest BCUT2D eigenvalue weighted by Gasteiger charge is -2.33. The zero-order valence-electron chi connectivity index (χ0n) is 14.5. The first kappa shape index (κ1) is 18.8. The first-order valence-electron chi connectivity index (χ1n) is 8.46. The van der Waals surface area contributed by atoms with Crippen molar-refractivity contribution < 1.29 is 24.2 Å². The molecule has 1 aliphatic rings. The quantitative estimate of drug-likeness (QED) is 0.706. The minimum absolute atomic E-state index is 0.137. The molecule has 0 spiro atoms. The fourth-order valence-corrected chi connectivity index (χ4v) is 3.12. The Kier molecular flexibility index (Phi) is 6.44. The minimum atomic E-state index is -0.856. The van der Waals surface area contributed by atoms with Crippen molar-refractivity contribution in [2.45, 2.75) is 32.1 Å². The lowest BCUT2D eigenvalue weighted by molar-refractivity contribution is -0.150. The molecule has 0 heterocycles. The molecule has 0 atom stereocenters. The standard InChI is InChI=1S/C19H25NO5/c1-3-11-25-15-8-7-14(12-16(15)24-2)17(21)20-13-19(18(22)23)9-5-4-6-10-19/h3,7-8,12H,1,4-6,9-11,13H2,2H3,(H,20,21)(H,22,23). The Morgan fingerprint density at radius 1 is 1.28 bits per heavy atom. The van der Waals surface area contributed by atoms with Gasteiger partial charge >= 0.3 is 5.97 Å². The number of methoxy groups -OCH3 is 1. The number of hydrogen-bond acceptors (Lipinski definition) is 4. The van der Waals surface area contributed by atoms with Gasteiger partial charge in [0.05, 0.1) is 12.5 Å². The number of carbonyl (C=O) groups excluding carboxylic acids is 1. The molecule has 6 nitrogen and oxygen atoms in total. The molecule has 136 valence electrons. The second kappa shape index (κ2) is 8.55. The number of hydrogen-bond donors (Lipinski definition) is 2. The molecular formula is C19H25NO5. The van der Waals surface area contributed by atoms with E-state index in [1.54, 1.807) is 24.3 Å². The van der Waals surface area contributed by atoms with Crippen molar-refractivity contribution in [1.82, 2.24) is 5.32 Å². The monoisotopic (exact) mass is 347 g/mol. The van der Waals surface area contributed by atoms with Gasteiger partial charge in [-0.1, -0.05) is 31.9 Å². The van der Waals surface area contributed by atoms with Crippen LogP contribution in [0.1, 0.15) is 42.5 Å². The molecule has 1 saturated carbocycles. The lowest BCUT2D eigenvalue weighted by Crippen LogP contribution is -2.44. The number of carboxylic acids is 1. The van der Waals surface area contributed by atoms with Crippen LogP contribution >= 0.6 is 0 Å². The first-order valence-corrected chi connectivity index (χ1v) is 8.46. The third-order valence-electron chi connectivity index (χ3n) is 4.63. The number of benzene rings is 1. The SMILES string of the molecule is C=CCOc1ccc(C(=O)NCC2(C(=O)O)CCCCC2)cc1OC. The molecule has 0 bridgehead atoms. The van der Waals surface area contributed by atoms with Gasteiger partial charge in [-0.25, -0.2) is 0 Å². The Balaban J connectivity index is 2.07. The van der Waals surface area contributed by atoms with Crippen molar-refractivity contribution in [3.63, 3.8) is 0 Å². The molecule has 2 N–H and O–H groups in total. The average molecular weight is 347 g/mol. The summed E-state index contributed by atoms with van der Waals surface area (Å²) in [4.78, 5) is 24.1. The summed E-state index contributed by atoms with van der Waals surface area (Å²) in [5.74, 6) is -0.189. The fourth-order valence-electron chi connectivity index (χ4n) is 3.12. The van der Waals surface area contributed by atoms with E-state index in [0.717, 1.165) is 19.3 Å². The maximum Gasteiger partial charge on any atom is 0.311 e. The highest BCUT2D eigenvalue weighted by Gasteiger charge is 2.39. The number of nitrogens with one attached hydrogen (secondary N) is 1. The smallest absolute Gasteiger partial charge is 0.311 e. The van der Waals surface area contributed by atoms with E-state index in [0.29, 0.717) is 36.5 Å². The van der Waals surface area contributed by atoms with Crippen molar-refractivity contribution >= 4 is 11.9 Å². The van der Waals surface area contributed by atoms with Crippen molar-refractivity contribution in [3.8, 4) is 11.5 Å². The second-order valence-corrected chi connectivity index (χ2v) is 6.29. The largest absolute Gasteiger partial charge is 0.493 e. The van der Waals surface area contributed by atoms with Crippen LogP contribution in [0.4, 0.5) is 0 Å². The van der Waals surface area contributed by atoms with E-state index in [9.17, 15) is 14.7 Å². The zero-order valence-corrected chi connectivity index (χ0v) is 14.5. The Hall–Kier alpha value is -2.50. The summed E-state index contributed by atoms with van der Waals surface area (Å²) in [6, 6.07) is 4.87. The fraction of sp³-hybridized carbons (Fsp3) is 0.474. The summed E-state index contributed by atoms with van der Waals surface area (Å²) in [5.41, 5.74) is -0.454. The number of carbonyl (C=O) groups is 2.